The van der Waals surface area contributed by atoms with Crippen molar-refractivity contribution in [2.24, 2.45) is 0 Å². The molecule has 25 heavy (non-hydrogen) atoms. The summed E-state index contributed by atoms with van der Waals surface area (Å²) in [4.78, 5) is 26.4. The molecule has 0 spiro atoms. The van der Waals surface area contributed by atoms with Gasteiger partial charge in [0.15, 0.2) is 12.1 Å². The van der Waals surface area contributed by atoms with Crippen LogP contribution in [0, 0.1) is 0 Å². The van der Waals surface area contributed by atoms with Crippen molar-refractivity contribution in [2.75, 3.05) is 18.6 Å². The standard InChI is InChI=1S/C19H19NO5/c1-3-24-18(21)16-17(13-7-5-4-6-8-13)25-19(22)20(16)14-9-11-15(23-2)12-10-14/h4-12,16-17H,3H2,1-2H3. The second-order valence-electron chi connectivity index (χ2n) is 5.48. The van der Waals surface area contributed by atoms with Crippen LogP contribution in [0.5, 0.6) is 5.75 Å². The van der Waals surface area contributed by atoms with Crippen LogP contribution in [0.15, 0.2) is 54.6 Å². The fraction of sp³-hybridized carbons (Fsp3) is 0.263. The normalized spacial score (nSPS) is 19.4. The molecule has 2 aromatic carbocycles. The molecule has 2 atom stereocenters. The highest BCUT2D eigenvalue weighted by atomic mass is 16.6. The predicted molar refractivity (Wildman–Crippen MR) is 91.6 cm³/mol. The van der Waals surface area contributed by atoms with E-state index in [1.54, 1.807) is 38.3 Å². The molecule has 0 bridgehead atoms. The van der Waals surface area contributed by atoms with E-state index < -0.39 is 24.2 Å². The largest absolute Gasteiger partial charge is 0.497 e. The first-order valence-corrected chi connectivity index (χ1v) is 8.01. The number of cyclic esters (lactones) is 1. The second kappa shape index (κ2) is 7.25. The van der Waals surface area contributed by atoms with Crippen molar-refractivity contribution in [3.63, 3.8) is 0 Å². The van der Waals surface area contributed by atoms with Crippen molar-refractivity contribution in [3.05, 3.63) is 60.2 Å². The Morgan fingerprint density at radius 2 is 1.80 bits per heavy atom. The molecule has 1 saturated heterocycles. The minimum absolute atomic E-state index is 0.224. The number of benzene rings is 2. The highest BCUT2D eigenvalue weighted by molar-refractivity contribution is 5.99. The summed E-state index contributed by atoms with van der Waals surface area (Å²) in [6.45, 7) is 1.95. The Labute approximate surface area is 145 Å². The average Bonchev–Trinajstić information content (AvgIpc) is 3.00. The van der Waals surface area contributed by atoms with Crippen LogP contribution in [0.2, 0.25) is 0 Å². The first kappa shape index (κ1) is 16.8. The van der Waals surface area contributed by atoms with Crippen molar-refractivity contribution in [2.45, 2.75) is 19.1 Å². The zero-order valence-electron chi connectivity index (χ0n) is 14.0. The summed E-state index contributed by atoms with van der Waals surface area (Å²) in [6, 6.07) is 15.1. The Hall–Kier alpha value is -3.02. The number of carbonyl (C=O) groups excluding carboxylic acids is 2. The highest BCUT2D eigenvalue weighted by Gasteiger charge is 2.48. The number of carbonyl (C=O) groups is 2. The van der Waals surface area contributed by atoms with Gasteiger partial charge in [-0.1, -0.05) is 30.3 Å². The first-order chi connectivity index (χ1) is 12.2. The lowest BCUT2D eigenvalue weighted by molar-refractivity contribution is -0.146. The molecule has 0 aromatic heterocycles. The van der Waals surface area contributed by atoms with Gasteiger partial charge in [0.05, 0.1) is 13.7 Å². The maximum Gasteiger partial charge on any atom is 0.415 e. The molecule has 1 aliphatic heterocycles. The minimum Gasteiger partial charge on any atom is -0.497 e. The van der Waals surface area contributed by atoms with Crippen molar-refractivity contribution in [3.8, 4) is 5.75 Å². The third-order valence-corrected chi connectivity index (χ3v) is 4.00. The SMILES string of the molecule is CCOC(=O)C1C(c2ccccc2)OC(=O)N1c1ccc(OC)cc1. The number of nitrogens with zero attached hydrogens (tertiary/aromatic N) is 1. The molecular formula is C19H19NO5. The Morgan fingerprint density at radius 3 is 2.40 bits per heavy atom. The van der Waals surface area contributed by atoms with E-state index in [9.17, 15) is 9.59 Å². The lowest BCUT2D eigenvalue weighted by Crippen LogP contribution is -2.41. The van der Waals surface area contributed by atoms with Gasteiger partial charge in [0.2, 0.25) is 0 Å². The molecule has 3 rings (SSSR count). The Bertz CT molecular complexity index is 744. The highest BCUT2D eigenvalue weighted by Crippen LogP contribution is 2.37. The minimum atomic E-state index is -0.886. The first-order valence-electron chi connectivity index (χ1n) is 8.01. The summed E-state index contributed by atoms with van der Waals surface area (Å²) in [7, 11) is 1.56. The summed E-state index contributed by atoms with van der Waals surface area (Å²) in [5, 5.41) is 0. The molecule has 6 nitrogen and oxygen atoms in total. The van der Waals surface area contributed by atoms with Crippen molar-refractivity contribution in [1.29, 1.82) is 0 Å². The number of ether oxygens (including phenoxy) is 3. The van der Waals surface area contributed by atoms with E-state index in [0.717, 1.165) is 5.56 Å². The third-order valence-electron chi connectivity index (χ3n) is 4.00. The third kappa shape index (κ3) is 3.28. The van der Waals surface area contributed by atoms with E-state index in [1.165, 1.54) is 4.90 Å². The molecule has 1 aliphatic rings. The number of methoxy groups -OCH3 is 1. The molecule has 1 heterocycles. The fourth-order valence-corrected chi connectivity index (χ4v) is 2.84. The van der Waals surface area contributed by atoms with Crippen LogP contribution in [0.3, 0.4) is 0 Å². The van der Waals surface area contributed by atoms with Crippen LogP contribution in [-0.2, 0) is 14.3 Å². The quantitative estimate of drug-likeness (QED) is 0.781. The van der Waals surface area contributed by atoms with Crippen molar-refractivity contribution in [1.82, 2.24) is 0 Å². The number of amides is 1. The maximum absolute atomic E-state index is 12.6. The maximum atomic E-state index is 12.6. The molecule has 130 valence electrons. The van der Waals surface area contributed by atoms with Gasteiger partial charge in [-0.15, -0.1) is 0 Å². The molecule has 0 radical (unpaired) electrons. The van der Waals surface area contributed by atoms with Gasteiger partial charge in [-0.05, 0) is 36.8 Å². The van der Waals surface area contributed by atoms with Gasteiger partial charge in [-0.25, -0.2) is 9.59 Å². The summed E-state index contributed by atoms with van der Waals surface area (Å²) >= 11 is 0. The van der Waals surface area contributed by atoms with Gasteiger partial charge in [-0.2, -0.15) is 0 Å². The van der Waals surface area contributed by atoms with Gasteiger partial charge in [-0.3, -0.25) is 4.90 Å². The van der Waals surface area contributed by atoms with Crippen LogP contribution in [-0.4, -0.2) is 31.8 Å². The smallest absolute Gasteiger partial charge is 0.415 e. The van der Waals surface area contributed by atoms with Gasteiger partial charge < -0.3 is 14.2 Å². The van der Waals surface area contributed by atoms with Crippen molar-refractivity contribution < 1.29 is 23.8 Å². The van der Waals surface area contributed by atoms with Crippen LogP contribution in [0.1, 0.15) is 18.6 Å². The lowest BCUT2D eigenvalue weighted by atomic mass is 10.0. The summed E-state index contributed by atoms with van der Waals surface area (Å²) < 4.78 is 15.8. The van der Waals surface area contributed by atoms with Crippen LogP contribution in [0.4, 0.5) is 10.5 Å². The number of anilines is 1. The van der Waals surface area contributed by atoms with Gasteiger partial charge >= 0.3 is 12.1 Å². The number of hydrogen-bond acceptors (Lipinski definition) is 5. The molecule has 2 aromatic rings. The summed E-state index contributed by atoms with van der Waals surface area (Å²) in [5.41, 5.74) is 1.28. The zero-order valence-corrected chi connectivity index (χ0v) is 14.0. The Morgan fingerprint density at radius 1 is 1.12 bits per heavy atom. The molecule has 6 heteroatoms. The average molecular weight is 341 g/mol. The van der Waals surface area contributed by atoms with Gasteiger partial charge in [0, 0.05) is 5.69 Å². The molecule has 0 aliphatic carbocycles. The summed E-state index contributed by atoms with van der Waals surface area (Å²) in [6.07, 6.45) is -1.31. The van der Waals surface area contributed by atoms with Crippen molar-refractivity contribution >= 4 is 17.7 Å². The van der Waals surface area contributed by atoms with Crippen LogP contribution < -0.4 is 9.64 Å². The Balaban J connectivity index is 1.99. The molecule has 2 unspecified atom stereocenters. The molecule has 1 amide bonds. The number of esters is 1. The van der Waals surface area contributed by atoms with E-state index in [0.29, 0.717) is 11.4 Å². The van der Waals surface area contributed by atoms with E-state index in [2.05, 4.69) is 0 Å². The van der Waals surface area contributed by atoms with E-state index in [-0.39, 0.29) is 6.61 Å². The molecule has 0 N–H and O–H groups in total. The topological polar surface area (TPSA) is 65.1 Å². The number of hydrogen-bond donors (Lipinski definition) is 0. The monoisotopic (exact) mass is 341 g/mol. The lowest BCUT2D eigenvalue weighted by Gasteiger charge is -2.23. The summed E-state index contributed by atoms with van der Waals surface area (Å²) in [5.74, 6) is 0.154. The van der Waals surface area contributed by atoms with E-state index >= 15 is 0 Å². The van der Waals surface area contributed by atoms with Crippen LogP contribution in [0.25, 0.3) is 0 Å². The van der Waals surface area contributed by atoms with Crippen LogP contribution >= 0.6 is 0 Å². The molecular weight excluding hydrogens is 322 g/mol. The predicted octanol–water partition coefficient (Wildman–Crippen LogP) is 3.32. The van der Waals surface area contributed by atoms with Gasteiger partial charge in [0.1, 0.15) is 5.75 Å². The zero-order chi connectivity index (χ0) is 17.8. The fourth-order valence-electron chi connectivity index (χ4n) is 2.84. The number of rotatable bonds is 5. The Kier molecular flexibility index (Phi) is 4.88. The van der Waals surface area contributed by atoms with E-state index in [4.69, 9.17) is 14.2 Å². The van der Waals surface area contributed by atoms with Gasteiger partial charge in [0.25, 0.3) is 0 Å². The molecule has 1 fully saturated rings. The second-order valence-corrected chi connectivity index (χ2v) is 5.48. The molecule has 0 saturated carbocycles. The van der Waals surface area contributed by atoms with E-state index in [1.807, 2.05) is 30.3 Å².